The molecule has 0 aliphatic heterocycles. The van der Waals surface area contributed by atoms with E-state index in [0.29, 0.717) is 6.04 Å². The second-order valence-electron chi connectivity index (χ2n) is 4.72. The van der Waals surface area contributed by atoms with Crippen LogP contribution >= 0.6 is 11.6 Å². The summed E-state index contributed by atoms with van der Waals surface area (Å²) in [4.78, 5) is 4.40. The summed E-state index contributed by atoms with van der Waals surface area (Å²) >= 11 is 6.18. The Hall–Kier alpha value is -1.32. The van der Waals surface area contributed by atoms with Gasteiger partial charge in [0.05, 0.1) is 13.1 Å². The number of rotatable bonds is 5. The van der Waals surface area contributed by atoms with Gasteiger partial charge in [-0.1, -0.05) is 29.8 Å². The Balaban J connectivity index is 1.71. The van der Waals surface area contributed by atoms with Crippen molar-refractivity contribution in [1.29, 1.82) is 0 Å². The molecule has 1 aromatic carbocycles. The van der Waals surface area contributed by atoms with Crippen molar-refractivity contribution in [3.8, 4) is 0 Å². The fraction of sp³-hybridized carbons (Fsp3) is 0.357. The molecule has 1 aliphatic rings. The van der Waals surface area contributed by atoms with E-state index in [1.165, 1.54) is 12.8 Å². The molecule has 18 heavy (non-hydrogen) atoms. The molecule has 1 aromatic heterocycles. The van der Waals surface area contributed by atoms with Crippen LogP contribution in [0.4, 0.5) is 0 Å². The molecule has 1 saturated carbocycles. The van der Waals surface area contributed by atoms with Gasteiger partial charge in [0.2, 0.25) is 0 Å². The van der Waals surface area contributed by atoms with Gasteiger partial charge in [-0.25, -0.2) is 4.98 Å². The topological polar surface area (TPSA) is 29.9 Å². The summed E-state index contributed by atoms with van der Waals surface area (Å²) in [6.07, 6.45) is 6.45. The lowest BCUT2D eigenvalue weighted by atomic mass is 10.2. The van der Waals surface area contributed by atoms with E-state index in [1.54, 1.807) is 0 Å². The van der Waals surface area contributed by atoms with Gasteiger partial charge >= 0.3 is 0 Å². The van der Waals surface area contributed by atoms with Crippen LogP contribution in [0.1, 0.15) is 24.2 Å². The zero-order chi connectivity index (χ0) is 12.4. The fourth-order valence-electron chi connectivity index (χ4n) is 1.98. The minimum atomic E-state index is 0.704. The smallest absolute Gasteiger partial charge is 0.122 e. The Morgan fingerprint density at radius 2 is 2.17 bits per heavy atom. The van der Waals surface area contributed by atoms with E-state index in [-0.39, 0.29) is 0 Å². The maximum atomic E-state index is 6.18. The average Bonchev–Trinajstić information content (AvgIpc) is 3.10. The average molecular weight is 262 g/mol. The number of hydrogen-bond donors (Lipinski definition) is 1. The highest BCUT2D eigenvalue weighted by atomic mass is 35.5. The molecule has 0 bridgehead atoms. The van der Waals surface area contributed by atoms with Crippen LogP contribution in [0.3, 0.4) is 0 Å². The second-order valence-corrected chi connectivity index (χ2v) is 5.13. The third kappa shape index (κ3) is 2.74. The van der Waals surface area contributed by atoms with Gasteiger partial charge in [0.25, 0.3) is 0 Å². The van der Waals surface area contributed by atoms with Crippen molar-refractivity contribution in [2.24, 2.45) is 0 Å². The molecule has 0 radical (unpaired) electrons. The van der Waals surface area contributed by atoms with Gasteiger partial charge in [0.1, 0.15) is 5.82 Å². The Morgan fingerprint density at radius 1 is 1.33 bits per heavy atom. The van der Waals surface area contributed by atoms with Gasteiger partial charge in [-0.2, -0.15) is 0 Å². The minimum Gasteiger partial charge on any atom is -0.329 e. The Labute approximate surface area is 112 Å². The van der Waals surface area contributed by atoms with E-state index in [0.717, 1.165) is 29.5 Å². The van der Waals surface area contributed by atoms with E-state index >= 15 is 0 Å². The first-order valence-corrected chi connectivity index (χ1v) is 6.67. The fourth-order valence-corrected chi connectivity index (χ4v) is 2.18. The summed E-state index contributed by atoms with van der Waals surface area (Å²) in [5.74, 6) is 1.07. The summed E-state index contributed by atoms with van der Waals surface area (Å²) in [6.45, 7) is 1.61. The molecule has 1 fully saturated rings. The van der Waals surface area contributed by atoms with Gasteiger partial charge in [-0.3, -0.25) is 0 Å². The van der Waals surface area contributed by atoms with Crippen LogP contribution in [-0.4, -0.2) is 15.6 Å². The Kier molecular flexibility index (Phi) is 3.35. The lowest BCUT2D eigenvalue weighted by molar-refractivity contribution is 0.618. The Morgan fingerprint density at radius 3 is 2.94 bits per heavy atom. The quantitative estimate of drug-likeness (QED) is 0.897. The first kappa shape index (κ1) is 11.8. The van der Waals surface area contributed by atoms with Crippen LogP contribution in [0.25, 0.3) is 0 Å². The van der Waals surface area contributed by atoms with E-state index in [9.17, 15) is 0 Å². The number of hydrogen-bond acceptors (Lipinski definition) is 2. The summed E-state index contributed by atoms with van der Waals surface area (Å²) < 4.78 is 2.15. The predicted molar refractivity (Wildman–Crippen MR) is 72.6 cm³/mol. The Bertz CT molecular complexity index is 531. The van der Waals surface area contributed by atoms with Crippen molar-refractivity contribution in [3.63, 3.8) is 0 Å². The molecule has 2 aromatic rings. The van der Waals surface area contributed by atoms with Gasteiger partial charge in [-0.05, 0) is 24.5 Å². The molecule has 0 saturated heterocycles. The molecule has 3 rings (SSSR count). The van der Waals surface area contributed by atoms with Gasteiger partial charge < -0.3 is 9.88 Å². The van der Waals surface area contributed by atoms with E-state index in [2.05, 4.69) is 20.9 Å². The van der Waals surface area contributed by atoms with Crippen molar-refractivity contribution in [2.75, 3.05) is 0 Å². The maximum Gasteiger partial charge on any atom is 0.122 e. The molecule has 1 aliphatic carbocycles. The molecule has 4 heteroatoms. The first-order chi connectivity index (χ1) is 8.83. The summed E-state index contributed by atoms with van der Waals surface area (Å²) in [6, 6.07) is 8.65. The maximum absolute atomic E-state index is 6.18. The van der Waals surface area contributed by atoms with Crippen LogP contribution in [0, 0.1) is 0 Å². The minimum absolute atomic E-state index is 0.704. The van der Waals surface area contributed by atoms with Crippen LogP contribution < -0.4 is 5.32 Å². The van der Waals surface area contributed by atoms with Gasteiger partial charge in [0.15, 0.2) is 0 Å². The van der Waals surface area contributed by atoms with Crippen LogP contribution in [0.5, 0.6) is 0 Å². The standard InChI is InChI=1S/C14H16ClN3/c15-13-4-2-1-3-11(13)10-18-8-7-16-14(18)9-17-12-5-6-12/h1-4,7-8,12,17H,5-6,9-10H2. The normalized spacial score (nSPS) is 14.9. The van der Waals surface area contributed by atoms with Crippen LogP contribution in [-0.2, 0) is 13.1 Å². The molecule has 0 spiro atoms. The molecule has 0 unspecified atom stereocenters. The van der Waals surface area contributed by atoms with E-state index in [4.69, 9.17) is 11.6 Å². The second kappa shape index (κ2) is 5.12. The van der Waals surface area contributed by atoms with Crippen molar-refractivity contribution < 1.29 is 0 Å². The lowest BCUT2D eigenvalue weighted by Gasteiger charge is -2.09. The van der Waals surface area contributed by atoms with E-state index in [1.807, 2.05) is 30.6 Å². The molecule has 1 N–H and O–H groups in total. The number of halogens is 1. The summed E-state index contributed by atoms with van der Waals surface area (Å²) in [5, 5.41) is 4.30. The highest BCUT2D eigenvalue weighted by molar-refractivity contribution is 6.31. The third-order valence-corrected chi connectivity index (χ3v) is 3.60. The van der Waals surface area contributed by atoms with Crippen molar-refractivity contribution in [1.82, 2.24) is 14.9 Å². The molecule has 0 atom stereocenters. The number of aromatic nitrogens is 2. The zero-order valence-electron chi connectivity index (χ0n) is 10.1. The highest BCUT2D eigenvalue weighted by Crippen LogP contribution is 2.20. The molecule has 1 heterocycles. The lowest BCUT2D eigenvalue weighted by Crippen LogP contribution is -2.19. The van der Waals surface area contributed by atoms with Crippen LogP contribution in [0.2, 0.25) is 5.02 Å². The number of benzene rings is 1. The van der Waals surface area contributed by atoms with E-state index < -0.39 is 0 Å². The van der Waals surface area contributed by atoms with Gasteiger partial charge in [-0.15, -0.1) is 0 Å². The third-order valence-electron chi connectivity index (χ3n) is 3.23. The van der Waals surface area contributed by atoms with Gasteiger partial charge in [0, 0.05) is 23.5 Å². The number of nitrogens with one attached hydrogen (secondary N) is 1. The molecule has 94 valence electrons. The first-order valence-electron chi connectivity index (χ1n) is 6.30. The molecular formula is C14H16ClN3. The number of imidazole rings is 1. The van der Waals surface area contributed by atoms with Crippen molar-refractivity contribution in [2.45, 2.75) is 32.0 Å². The monoisotopic (exact) mass is 261 g/mol. The molecular weight excluding hydrogens is 246 g/mol. The largest absolute Gasteiger partial charge is 0.329 e. The molecule has 3 nitrogen and oxygen atoms in total. The summed E-state index contributed by atoms with van der Waals surface area (Å²) in [5.41, 5.74) is 1.13. The van der Waals surface area contributed by atoms with Crippen molar-refractivity contribution in [3.05, 3.63) is 53.1 Å². The molecule has 0 amide bonds. The predicted octanol–water partition coefficient (Wildman–Crippen LogP) is 2.84. The summed E-state index contributed by atoms with van der Waals surface area (Å²) in [7, 11) is 0. The zero-order valence-corrected chi connectivity index (χ0v) is 10.9. The SMILES string of the molecule is Clc1ccccc1Cn1ccnc1CNC1CC1. The van der Waals surface area contributed by atoms with Crippen molar-refractivity contribution >= 4 is 11.6 Å². The number of nitrogens with zero attached hydrogens (tertiary/aromatic N) is 2. The van der Waals surface area contributed by atoms with Crippen LogP contribution in [0.15, 0.2) is 36.7 Å². The highest BCUT2D eigenvalue weighted by Gasteiger charge is 2.20.